The molecule has 2 atom stereocenters. The fourth-order valence-electron chi connectivity index (χ4n) is 2.78. The van der Waals surface area contributed by atoms with E-state index in [1.807, 2.05) is 0 Å². The maximum atomic E-state index is 12.8. The van der Waals surface area contributed by atoms with Gasteiger partial charge in [-0.2, -0.15) is 8.42 Å². The van der Waals surface area contributed by atoms with Crippen molar-refractivity contribution in [2.45, 2.75) is 12.1 Å². The molecule has 17 nitrogen and oxygen atoms in total. The van der Waals surface area contributed by atoms with Crippen molar-refractivity contribution >= 4 is 77.7 Å². The zero-order chi connectivity index (χ0) is 28.0. The van der Waals surface area contributed by atoms with Gasteiger partial charge in [0.25, 0.3) is 11.8 Å². The molecule has 1 saturated heterocycles. The van der Waals surface area contributed by atoms with Gasteiger partial charge in [0.05, 0.1) is 11.8 Å². The van der Waals surface area contributed by atoms with E-state index in [1.165, 1.54) is 5.38 Å². The molecular formula is C16H21ClN6O11S3. The summed E-state index contributed by atoms with van der Waals surface area (Å²) in [6.45, 7) is -1.11. The average molecular weight is 605 g/mol. The first-order valence-electron chi connectivity index (χ1n) is 9.80. The minimum atomic E-state index is -5.07. The lowest BCUT2D eigenvalue weighted by Crippen LogP contribution is -2.74. The Labute approximate surface area is 219 Å². The van der Waals surface area contributed by atoms with E-state index in [0.717, 1.165) is 24.7 Å². The Bertz CT molecular complexity index is 1300. The number of alkyl carbamates (subject to hydrolysis) is 1. The molecule has 0 aromatic carbocycles. The third-order valence-electron chi connectivity index (χ3n) is 4.36. The SMILES string of the molecule is CO/N=C(\C(=O)NC1C(=O)N(S(=O)(=O)O)C1CNC(=O)OCCS(C)(=O)=O)c1csc(NC(=O)CCl)n1. The van der Waals surface area contributed by atoms with Gasteiger partial charge in [-0.1, -0.05) is 5.16 Å². The second-order valence-electron chi connectivity index (χ2n) is 7.12. The minimum Gasteiger partial charge on any atom is -0.448 e. The molecule has 1 fully saturated rings. The summed E-state index contributed by atoms with van der Waals surface area (Å²) in [4.78, 5) is 57.1. The molecule has 21 heteroatoms. The Morgan fingerprint density at radius 3 is 2.54 bits per heavy atom. The number of hydrogen-bond donors (Lipinski definition) is 4. The molecule has 2 rings (SSSR count). The monoisotopic (exact) mass is 604 g/mol. The van der Waals surface area contributed by atoms with E-state index in [9.17, 15) is 40.6 Å². The van der Waals surface area contributed by atoms with E-state index in [2.05, 4.69) is 35.7 Å². The number of β-lactam (4-membered cyclic amide) rings is 1. The molecule has 1 aromatic rings. The van der Waals surface area contributed by atoms with Gasteiger partial charge in [0.2, 0.25) is 5.91 Å². The van der Waals surface area contributed by atoms with Crippen molar-refractivity contribution in [1.82, 2.24) is 19.9 Å². The summed E-state index contributed by atoms with van der Waals surface area (Å²) < 4.78 is 59.4. The number of nitrogens with one attached hydrogen (secondary N) is 3. The van der Waals surface area contributed by atoms with Crippen molar-refractivity contribution < 1.29 is 50.1 Å². The van der Waals surface area contributed by atoms with Crippen LogP contribution < -0.4 is 16.0 Å². The van der Waals surface area contributed by atoms with Gasteiger partial charge in [-0.05, 0) is 0 Å². The van der Waals surface area contributed by atoms with E-state index in [-0.39, 0.29) is 21.0 Å². The minimum absolute atomic E-state index is 0.0322. The number of aromatic nitrogens is 1. The van der Waals surface area contributed by atoms with Gasteiger partial charge in [0.15, 0.2) is 20.7 Å². The van der Waals surface area contributed by atoms with Crippen LogP contribution in [0.2, 0.25) is 0 Å². The number of oxime groups is 1. The van der Waals surface area contributed by atoms with E-state index < -0.39 is 80.7 Å². The zero-order valence-electron chi connectivity index (χ0n) is 19.0. The molecule has 2 heterocycles. The third kappa shape index (κ3) is 8.49. The van der Waals surface area contributed by atoms with Gasteiger partial charge in [-0.25, -0.2) is 22.5 Å². The average Bonchev–Trinajstić information content (AvgIpc) is 3.24. The lowest BCUT2D eigenvalue weighted by atomic mass is 9.98. The quantitative estimate of drug-likeness (QED) is 0.0662. The second kappa shape index (κ2) is 12.4. The van der Waals surface area contributed by atoms with Crippen LogP contribution in [-0.4, -0.2) is 110 Å². The van der Waals surface area contributed by atoms with Crippen LogP contribution in [0.1, 0.15) is 5.69 Å². The third-order valence-corrected chi connectivity index (χ3v) is 7.22. The number of nitrogens with zero attached hydrogens (tertiary/aromatic N) is 3. The standard InChI is InChI=1S/C16H21ClN6O11S3/c1-33-22-11(8-7-35-15(19-8)20-10(24)5-17)13(25)21-12-9(23(14(12)26)37(30,31)32)6-18-16(27)34-3-4-36(2,28)29/h7,9,12H,3-6H2,1-2H3,(H,18,27)(H,21,25)(H,19,20,24)(H,30,31,32)/b22-11-. The maximum Gasteiger partial charge on any atom is 0.407 e. The Morgan fingerprint density at radius 1 is 1.30 bits per heavy atom. The number of anilines is 1. The Morgan fingerprint density at radius 2 is 1.97 bits per heavy atom. The fraction of sp³-hybridized carbons (Fsp3) is 0.500. The highest BCUT2D eigenvalue weighted by Crippen LogP contribution is 2.24. The molecule has 0 spiro atoms. The largest absolute Gasteiger partial charge is 0.448 e. The number of halogens is 1. The van der Waals surface area contributed by atoms with Crippen LogP contribution in [-0.2, 0) is 44.1 Å². The topological polar surface area (TPSA) is 240 Å². The number of sulfone groups is 1. The van der Waals surface area contributed by atoms with Crippen LogP contribution >= 0.6 is 22.9 Å². The van der Waals surface area contributed by atoms with Gasteiger partial charge in [-0.3, -0.25) is 18.9 Å². The molecule has 1 aliphatic rings. The Balaban J connectivity index is 2.13. The normalized spacial score (nSPS) is 18.0. The number of carbonyl (C=O) groups is 4. The lowest BCUT2D eigenvalue weighted by molar-refractivity contribution is -0.144. The summed E-state index contributed by atoms with van der Waals surface area (Å²) in [5, 5.41) is 11.7. The molecule has 0 radical (unpaired) electrons. The van der Waals surface area contributed by atoms with Crippen LogP contribution in [0, 0.1) is 0 Å². The van der Waals surface area contributed by atoms with E-state index in [0.29, 0.717) is 0 Å². The van der Waals surface area contributed by atoms with Gasteiger partial charge in [0.1, 0.15) is 31.3 Å². The molecule has 4 amide bonds. The predicted octanol–water partition coefficient (Wildman–Crippen LogP) is -2.06. The number of carbonyl (C=O) groups excluding carboxylic acids is 4. The summed E-state index contributed by atoms with van der Waals surface area (Å²) >= 11 is 6.34. The number of hydrogen-bond acceptors (Lipinski definition) is 13. The smallest absolute Gasteiger partial charge is 0.407 e. The summed E-state index contributed by atoms with van der Waals surface area (Å²) in [5.74, 6) is -3.64. The van der Waals surface area contributed by atoms with Crippen LogP contribution in [0.15, 0.2) is 10.5 Å². The van der Waals surface area contributed by atoms with Gasteiger partial charge in [-0.15, -0.1) is 22.9 Å². The molecule has 0 bridgehead atoms. The van der Waals surface area contributed by atoms with Crippen molar-refractivity contribution in [2.75, 3.05) is 43.5 Å². The molecule has 0 aliphatic carbocycles. The molecule has 1 aromatic heterocycles. The Hall–Kier alpha value is -3.07. The second-order valence-corrected chi connectivity index (χ2v) is 11.8. The Kier molecular flexibility index (Phi) is 10.1. The first-order chi connectivity index (χ1) is 17.2. The summed E-state index contributed by atoms with van der Waals surface area (Å²) in [6.07, 6.45) is -0.214. The zero-order valence-corrected chi connectivity index (χ0v) is 22.2. The number of thiazole rings is 1. The van der Waals surface area contributed by atoms with Gasteiger partial charge in [0, 0.05) is 18.2 Å². The molecule has 0 saturated carbocycles. The number of ether oxygens (including phenoxy) is 1. The highest BCUT2D eigenvalue weighted by molar-refractivity contribution is 7.90. The van der Waals surface area contributed by atoms with E-state index in [1.54, 1.807) is 0 Å². The summed E-state index contributed by atoms with van der Waals surface area (Å²) in [7, 11) is -7.36. The van der Waals surface area contributed by atoms with Crippen molar-refractivity contribution in [3.05, 3.63) is 11.1 Å². The predicted molar refractivity (Wildman–Crippen MR) is 128 cm³/mol. The highest BCUT2D eigenvalue weighted by Gasteiger charge is 2.54. The first-order valence-corrected chi connectivity index (χ1v) is 14.7. The number of amides is 4. The van der Waals surface area contributed by atoms with E-state index in [4.69, 9.17) is 11.6 Å². The summed E-state index contributed by atoms with van der Waals surface area (Å²) in [6, 6.07) is -3.03. The van der Waals surface area contributed by atoms with Crippen LogP contribution in [0.3, 0.4) is 0 Å². The number of rotatable bonds is 12. The molecule has 37 heavy (non-hydrogen) atoms. The molecular weight excluding hydrogens is 584 g/mol. The maximum absolute atomic E-state index is 12.8. The molecule has 206 valence electrons. The molecule has 2 unspecified atom stereocenters. The van der Waals surface area contributed by atoms with Gasteiger partial charge < -0.3 is 25.5 Å². The number of alkyl halides is 1. The van der Waals surface area contributed by atoms with Gasteiger partial charge >= 0.3 is 16.4 Å². The van der Waals surface area contributed by atoms with Crippen molar-refractivity contribution in [1.29, 1.82) is 0 Å². The summed E-state index contributed by atoms with van der Waals surface area (Å²) in [5.41, 5.74) is -0.521. The lowest BCUT2D eigenvalue weighted by Gasteiger charge is -2.44. The fourth-order valence-corrected chi connectivity index (χ4v) is 4.83. The van der Waals surface area contributed by atoms with Crippen LogP contribution in [0.4, 0.5) is 9.93 Å². The molecule has 4 N–H and O–H groups in total. The van der Waals surface area contributed by atoms with Crippen molar-refractivity contribution in [3.63, 3.8) is 0 Å². The first kappa shape index (κ1) is 30.2. The molecule has 1 aliphatic heterocycles. The van der Waals surface area contributed by atoms with E-state index >= 15 is 0 Å². The van der Waals surface area contributed by atoms with Crippen LogP contribution in [0.5, 0.6) is 0 Å². The van der Waals surface area contributed by atoms with Crippen molar-refractivity contribution in [2.24, 2.45) is 5.16 Å². The van der Waals surface area contributed by atoms with Crippen LogP contribution in [0.25, 0.3) is 0 Å². The van der Waals surface area contributed by atoms with Crippen molar-refractivity contribution in [3.8, 4) is 0 Å². The highest BCUT2D eigenvalue weighted by atomic mass is 35.5.